The van der Waals surface area contributed by atoms with E-state index in [0.29, 0.717) is 11.3 Å². The van der Waals surface area contributed by atoms with Crippen molar-refractivity contribution in [3.63, 3.8) is 0 Å². The zero-order valence-corrected chi connectivity index (χ0v) is 25.0. The number of fused-ring (bicyclic) bond motifs is 1. The minimum atomic E-state index is -1.84. The molecule has 0 saturated carbocycles. The third-order valence-corrected chi connectivity index (χ3v) is 7.96. The Bertz CT molecular complexity index is 1540. The monoisotopic (exact) mass is 652 g/mol. The molecule has 46 heavy (non-hydrogen) atoms. The van der Waals surface area contributed by atoms with E-state index < -0.39 is 80.1 Å². The van der Waals surface area contributed by atoms with Gasteiger partial charge in [-0.2, -0.15) is 0 Å². The molecule has 2 fully saturated rings. The van der Waals surface area contributed by atoms with Gasteiger partial charge in [-0.1, -0.05) is 12.1 Å². The van der Waals surface area contributed by atoms with Gasteiger partial charge >= 0.3 is 0 Å². The van der Waals surface area contributed by atoms with E-state index in [0.717, 1.165) is 0 Å². The van der Waals surface area contributed by atoms with Crippen LogP contribution in [-0.2, 0) is 14.2 Å². The zero-order valence-electron chi connectivity index (χ0n) is 25.0. The van der Waals surface area contributed by atoms with Gasteiger partial charge in [0.15, 0.2) is 17.8 Å². The zero-order chi connectivity index (χ0) is 33.3. The first-order valence-electron chi connectivity index (χ1n) is 14.2. The Morgan fingerprint density at radius 2 is 1.37 bits per heavy atom. The number of methoxy groups -OCH3 is 3. The lowest BCUT2D eigenvalue weighted by molar-refractivity contribution is -0.352. The molecule has 0 aliphatic carbocycles. The summed E-state index contributed by atoms with van der Waals surface area (Å²) in [5.41, 5.74) is 0.352. The number of rotatable bonds is 10. The van der Waals surface area contributed by atoms with Crippen LogP contribution in [0.5, 0.6) is 23.0 Å². The van der Waals surface area contributed by atoms with Crippen molar-refractivity contribution in [3.05, 3.63) is 46.8 Å². The van der Waals surface area contributed by atoms with Crippen LogP contribution in [0.1, 0.15) is 0 Å². The van der Waals surface area contributed by atoms with Crippen LogP contribution in [0.2, 0.25) is 0 Å². The lowest BCUT2D eigenvalue weighted by atomic mass is 9.97. The first-order valence-corrected chi connectivity index (χ1v) is 14.2. The van der Waals surface area contributed by atoms with Crippen LogP contribution in [-0.4, -0.2) is 132 Å². The Balaban J connectivity index is 1.48. The predicted octanol–water partition coefficient (Wildman–Crippen LogP) is -1.51. The summed E-state index contributed by atoms with van der Waals surface area (Å²) in [6, 6.07) is 8.06. The summed E-state index contributed by atoms with van der Waals surface area (Å²) in [6.45, 7) is -1.50. The fourth-order valence-corrected chi connectivity index (χ4v) is 5.43. The Hall–Kier alpha value is -3.55. The Morgan fingerprint density at radius 3 is 1.98 bits per heavy atom. The molecule has 16 heteroatoms. The van der Waals surface area contributed by atoms with Gasteiger partial charge in [0.25, 0.3) is 0 Å². The van der Waals surface area contributed by atoms with Gasteiger partial charge in [0, 0.05) is 6.07 Å². The van der Waals surface area contributed by atoms with Crippen molar-refractivity contribution in [2.24, 2.45) is 0 Å². The smallest absolute Gasteiger partial charge is 0.229 e. The van der Waals surface area contributed by atoms with Gasteiger partial charge < -0.3 is 73.3 Å². The number of ether oxygens (including phenoxy) is 7. The van der Waals surface area contributed by atoms with E-state index in [9.17, 15) is 40.5 Å². The van der Waals surface area contributed by atoms with Crippen molar-refractivity contribution in [2.45, 2.75) is 61.4 Å². The topological polar surface area (TPSA) is 236 Å². The molecule has 2 aliphatic heterocycles. The molecule has 0 amide bonds. The molecule has 0 spiro atoms. The molecule has 0 radical (unpaired) electrons. The van der Waals surface area contributed by atoms with Crippen molar-refractivity contribution in [1.29, 1.82) is 0 Å². The van der Waals surface area contributed by atoms with Gasteiger partial charge in [-0.3, -0.25) is 4.79 Å². The molecule has 10 atom stereocenters. The number of hydrogen-bond donors (Lipinski definition) is 7. The maximum atomic E-state index is 13.7. The highest BCUT2D eigenvalue weighted by Gasteiger charge is 2.51. The second-order valence-corrected chi connectivity index (χ2v) is 10.6. The van der Waals surface area contributed by atoms with E-state index in [2.05, 4.69) is 0 Å². The molecule has 3 heterocycles. The Morgan fingerprint density at radius 1 is 0.739 bits per heavy atom. The molecule has 7 N–H and O–H groups in total. The summed E-state index contributed by atoms with van der Waals surface area (Å²) in [4.78, 5) is 13.7. The largest absolute Gasteiger partial charge is 0.497 e. The van der Waals surface area contributed by atoms with E-state index >= 15 is 0 Å². The third-order valence-electron chi connectivity index (χ3n) is 7.96. The maximum absolute atomic E-state index is 13.7. The molecule has 0 unspecified atom stereocenters. The molecule has 2 aromatic carbocycles. The van der Waals surface area contributed by atoms with E-state index in [-0.39, 0.29) is 33.8 Å². The minimum absolute atomic E-state index is 0.0214. The van der Waals surface area contributed by atoms with Gasteiger partial charge in [0.05, 0.1) is 40.1 Å². The summed E-state index contributed by atoms with van der Waals surface area (Å²) >= 11 is 0. The summed E-state index contributed by atoms with van der Waals surface area (Å²) in [6.07, 6.45) is -15.4. The molecule has 5 rings (SSSR count). The number of benzene rings is 2. The van der Waals surface area contributed by atoms with E-state index in [1.165, 1.54) is 33.7 Å². The molecule has 1 aromatic heterocycles. The van der Waals surface area contributed by atoms with Gasteiger partial charge in [-0.05, 0) is 17.7 Å². The standard InChI is InChI=1S/C30H36O16/c1-39-13-6-4-12(5-7-13)14-11-42-15-8-16(26(40-2)27(41-3)19(15)20(14)33)43-30-25(38)28(22(35)18(10-32)45-30)46-29-24(37)23(36)21(34)17(9-31)44-29/h4-8,11,17-18,21-25,28-32,34-38H,9-10H2,1-3H3/t17-,18-,21-,22-,23-,24-,25-,28+,29-,30-/m0/s1. The van der Waals surface area contributed by atoms with E-state index in [1.54, 1.807) is 24.3 Å². The van der Waals surface area contributed by atoms with Crippen molar-refractivity contribution >= 4 is 11.0 Å². The molecule has 2 aliphatic rings. The summed E-state index contributed by atoms with van der Waals surface area (Å²) < 4.78 is 44.6. The lowest BCUT2D eigenvalue weighted by Gasteiger charge is -2.45. The van der Waals surface area contributed by atoms with Crippen LogP contribution >= 0.6 is 0 Å². The van der Waals surface area contributed by atoms with Crippen molar-refractivity contribution in [1.82, 2.24) is 0 Å². The SMILES string of the molecule is COc1ccc(-c2coc3cc(O[C@H]4O[C@@H](CO)[C@H](O)[C@@H](O[C@@H]5O[C@@H](CO)[C@H](O)[C@H](O)[C@@H]5O)[C@@H]4O)c(OC)c(OC)c3c2=O)cc1. The number of aliphatic hydroxyl groups is 7. The molecule has 3 aromatic rings. The Labute approximate surface area is 261 Å². The maximum Gasteiger partial charge on any atom is 0.229 e. The van der Waals surface area contributed by atoms with Crippen LogP contribution in [0.15, 0.2) is 45.8 Å². The van der Waals surface area contributed by atoms with Crippen molar-refractivity contribution in [2.75, 3.05) is 34.5 Å². The van der Waals surface area contributed by atoms with Crippen molar-refractivity contribution < 1.29 is 73.3 Å². The molecular weight excluding hydrogens is 616 g/mol. The molecule has 252 valence electrons. The normalized spacial score (nSPS) is 31.4. The van der Waals surface area contributed by atoms with Gasteiger partial charge in [0.2, 0.25) is 17.5 Å². The van der Waals surface area contributed by atoms with Crippen LogP contribution < -0.4 is 24.4 Å². The highest BCUT2D eigenvalue weighted by Crippen LogP contribution is 2.44. The molecule has 2 saturated heterocycles. The van der Waals surface area contributed by atoms with Crippen LogP contribution in [0.3, 0.4) is 0 Å². The van der Waals surface area contributed by atoms with Gasteiger partial charge in [0.1, 0.15) is 71.8 Å². The van der Waals surface area contributed by atoms with Crippen LogP contribution in [0.25, 0.3) is 22.1 Å². The summed E-state index contributed by atoms with van der Waals surface area (Å²) in [5.74, 6) is 0.329. The predicted molar refractivity (Wildman–Crippen MR) is 155 cm³/mol. The van der Waals surface area contributed by atoms with Gasteiger partial charge in [-0.25, -0.2) is 0 Å². The number of hydrogen-bond acceptors (Lipinski definition) is 16. The summed E-state index contributed by atoms with van der Waals surface area (Å²) in [7, 11) is 4.11. The van der Waals surface area contributed by atoms with E-state index in [4.69, 9.17) is 37.6 Å². The molecular formula is C30H36O16. The second-order valence-electron chi connectivity index (χ2n) is 10.6. The summed E-state index contributed by atoms with van der Waals surface area (Å²) in [5, 5.41) is 72.1. The van der Waals surface area contributed by atoms with Crippen molar-refractivity contribution in [3.8, 4) is 34.1 Å². The molecule has 0 bridgehead atoms. The van der Waals surface area contributed by atoms with Gasteiger partial charge in [-0.15, -0.1) is 0 Å². The third kappa shape index (κ3) is 6.12. The fourth-order valence-electron chi connectivity index (χ4n) is 5.43. The molecule has 16 nitrogen and oxygen atoms in total. The highest BCUT2D eigenvalue weighted by atomic mass is 16.7. The van der Waals surface area contributed by atoms with Crippen LogP contribution in [0.4, 0.5) is 0 Å². The minimum Gasteiger partial charge on any atom is -0.497 e. The quantitative estimate of drug-likeness (QED) is 0.132. The average Bonchev–Trinajstić information content (AvgIpc) is 3.07. The number of aliphatic hydroxyl groups excluding tert-OH is 7. The lowest BCUT2D eigenvalue weighted by Crippen LogP contribution is -2.65. The van der Waals surface area contributed by atoms with E-state index in [1.807, 2.05) is 0 Å². The average molecular weight is 653 g/mol. The Kier molecular flexibility index (Phi) is 10.3. The first-order chi connectivity index (χ1) is 22.1. The first kappa shape index (κ1) is 33.8. The second kappa shape index (κ2) is 14.1. The highest BCUT2D eigenvalue weighted by molar-refractivity contribution is 5.91. The van der Waals surface area contributed by atoms with Crippen LogP contribution in [0, 0.1) is 0 Å². The fraction of sp³-hybridized carbons (Fsp3) is 0.500.